The molecule has 2 heterocycles. The van der Waals surface area contributed by atoms with Gasteiger partial charge in [0.05, 0.1) is 11.3 Å². The standard InChI is InChI=1S/C15H14F3N3O/c1-10-12(5-6-13(20-10)15(16,17)18)14(22)21(2)9-11-4-3-7-19-8-11/h3-8H,9H2,1-2H3. The Morgan fingerprint density at radius 3 is 2.55 bits per heavy atom. The fraction of sp³-hybridized carbons (Fsp3) is 0.267. The molecule has 0 unspecified atom stereocenters. The molecule has 0 saturated heterocycles. The highest BCUT2D eigenvalue weighted by Crippen LogP contribution is 2.28. The zero-order valence-electron chi connectivity index (χ0n) is 12.1. The average Bonchev–Trinajstić information content (AvgIpc) is 2.46. The van der Waals surface area contributed by atoms with E-state index < -0.39 is 11.9 Å². The minimum atomic E-state index is -4.52. The molecule has 0 aliphatic rings. The molecule has 2 aromatic heterocycles. The van der Waals surface area contributed by atoms with Gasteiger partial charge in [-0.05, 0) is 30.7 Å². The van der Waals surface area contributed by atoms with Crippen LogP contribution in [0.5, 0.6) is 0 Å². The predicted molar refractivity (Wildman–Crippen MR) is 74.0 cm³/mol. The molecule has 0 fully saturated rings. The molecule has 0 saturated carbocycles. The summed E-state index contributed by atoms with van der Waals surface area (Å²) in [4.78, 5) is 21.1. The quantitative estimate of drug-likeness (QED) is 0.875. The lowest BCUT2D eigenvalue weighted by molar-refractivity contribution is -0.141. The summed E-state index contributed by atoms with van der Waals surface area (Å²) in [7, 11) is 1.58. The SMILES string of the molecule is Cc1nc(C(F)(F)F)ccc1C(=O)N(C)Cc1cccnc1. The number of hydrogen-bond acceptors (Lipinski definition) is 3. The highest BCUT2D eigenvalue weighted by molar-refractivity contribution is 5.95. The Balaban J connectivity index is 2.19. The summed E-state index contributed by atoms with van der Waals surface area (Å²) in [5.74, 6) is -0.387. The summed E-state index contributed by atoms with van der Waals surface area (Å²) in [6.45, 7) is 1.70. The Morgan fingerprint density at radius 1 is 1.27 bits per heavy atom. The van der Waals surface area contributed by atoms with Crippen LogP contribution < -0.4 is 0 Å². The summed E-state index contributed by atoms with van der Waals surface area (Å²) in [5.41, 5.74) is 0.0320. The van der Waals surface area contributed by atoms with Crippen LogP contribution in [0.1, 0.15) is 27.3 Å². The Morgan fingerprint density at radius 2 is 2.00 bits per heavy atom. The van der Waals surface area contributed by atoms with Gasteiger partial charge in [0.2, 0.25) is 0 Å². The van der Waals surface area contributed by atoms with Crippen molar-refractivity contribution >= 4 is 5.91 Å². The molecule has 0 radical (unpaired) electrons. The topological polar surface area (TPSA) is 46.1 Å². The fourth-order valence-electron chi connectivity index (χ4n) is 1.99. The van der Waals surface area contributed by atoms with E-state index in [9.17, 15) is 18.0 Å². The number of pyridine rings is 2. The Hall–Kier alpha value is -2.44. The highest BCUT2D eigenvalue weighted by Gasteiger charge is 2.33. The van der Waals surface area contributed by atoms with Gasteiger partial charge in [-0.25, -0.2) is 4.98 Å². The van der Waals surface area contributed by atoms with Crippen molar-refractivity contribution in [3.63, 3.8) is 0 Å². The largest absolute Gasteiger partial charge is 0.433 e. The van der Waals surface area contributed by atoms with Gasteiger partial charge in [0.25, 0.3) is 5.91 Å². The van der Waals surface area contributed by atoms with Crippen LogP contribution in [0.3, 0.4) is 0 Å². The van der Waals surface area contributed by atoms with E-state index in [0.29, 0.717) is 6.54 Å². The number of carbonyl (C=O) groups is 1. The van der Waals surface area contributed by atoms with Crippen molar-refractivity contribution < 1.29 is 18.0 Å². The smallest absolute Gasteiger partial charge is 0.337 e. The van der Waals surface area contributed by atoms with E-state index in [1.807, 2.05) is 6.07 Å². The molecule has 0 bridgehead atoms. The molecule has 0 aromatic carbocycles. The van der Waals surface area contributed by atoms with Gasteiger partial charge in [-0.2, -0.15) is 13.2 Å². The van der Waals surface area contributed by atoms with Gasteiger partial charge >= 0.3 is 6.18 Å². The first-order chi connectivity index (χ1) is 10.3. The molecule has 0 N–H and O–H groups in total. The third-order valence-corrected chi connectivity index (χ3v) is 3.10. The van der Waals surface area contributed by atoms with Crippen molar-refractivity contribution in [2.75, 3.05) is 7.05 Å². The van der Waals surface area contributed by atoms with E-state index in [1.165, 1.54) is 11.8 Å². The number of rotatable bonds is 3. The minimum absolute atomic E-state index is 0.0536. The molecule has 2 rings (SSSR count). The molecule has 116 valence electrons. The Bertz CT molecular complexity index is 671. The first-order valence-electron chi connectivity index (χ1n) is 6.48. The number of hydrogen-bond donors (Lipinski definition) is 0. The lowest BCUT2D eigenvalue weighted by Gasteiger charge is -2.18. The summed E-state index contributed by atoms with van der Waals surface area (Å²) >= 11 is 0. The third kappa shape index (κ3) is 3.60. The molecule has 1 amide bonds. The van der Waals surface area contributed by atoms with Gasteiger partial charge in [0.15, 0.2) is 0 Å². The molecule has 7 heteroatoms. The maximum absolute atomic E-state index is 12.6. The second-order valence-corrected chi connectivity index (χ2v) is 4.85. The van der Waals surface area contributed by atoms with Gasteiger partial charge in [-0.15, -0.1) is 0 Å². The van der Waals surface area contributed by atoms with Crippen molar-refractivity contribution in [1.29, 1.82) is 0 Å². The van der Waals surface area contributed by atoms with Crippen LogP contribution >= 0.6 is 0 Å². The highest BCUT2D eigenvalue weighted by atomic mass is 19.4. The van der Waals surface area contributed by atoms with Crippen LogP contribution in [-0.2, 0) is 12.7 Å². The molecule has 0 aliphatic heterocycles. The van der Waals surface area contributed by atoms with Crippen molar-refractivity contribution in [3.05, 3.63) is 59.2 Å². The van der Waals surface area contributed by atoms with Crippen molar-refractivity contribution in [3.8, 4) is 0 Å². The van der Waals surface area contributed by atoms with E-state index in [4.69, 9.17) is 0 Å². The lowest BCUT2D eigenvalue weighted by atomic mass is 10.1. The van der Waals surface area contributed by atoms with Crippen LogP contribution in [-0.4, -0.2) is 27.8 Å². The molecule has 0 aliphatic carbocycles. The number of alkyl halides is 3. The molecule has 0 atom stereocenters. The van der Waals surface area contributed by atoms with Gasteiger partial charge in [0, 0.05) is 26.0 Å². The zero-order chi connectivity index (χ0) is 16.3. The van der Waals surface area contributed by atoms with Crippen LogP contribution in [0.2, 0.25) is 0 Å². The molecule has 4 nitrogen and oxygen atoms in total. The molecular formula is C15H14F3N3O. The number of aryl methyl sites for hydroxylation is 1. The van der Waals surface area contributed by atoms with Crippen LogP contribution in [0.4, 0.5) is 13.2 Å². The maximum atomic E-state index is 12.6. The van der Waals surface area contributed by atoms with Crippen LogP contribution in [0.15, 0.2) is 36.7 Å². The van der Waals surface area contributed by atoms with Crippen molar-refractivity contribution in [2.45, 2.75) is 19.6 Å². The van der Waals surface area contributed by atoms with Crippen LogP contribution in [0, 0.1) is 6.92 Å². The van der Waals surface area contributed by atoms with E-state index in [0.717, 1.165) is 17.7 Å². The summed E-state index contributed by atoms with van der Waals surface area (Å²) in [5, 5.41) is 0. The van der Waals surface area contributed by atoms with E-state index >= 15 is 0 Å². The zero-order valence-corrected chi connectivity index (χ0v) is 12.1. The number of amides is 1. The normalized spacial score (nSPS) is 11.3. The van der Waals surface area contributed by atoms with E-state index in [1.54, 1.807) is 25.5 Å². The number of nitrogens with zero attached hydrogens (tertiary/aromatic N) is 3. The molecule has 0 spiro atoms. The van der Waals surface area contributed by atoms with Gasteiger partial charge in [-0.1, -0.05) is 6.07 Å². The summed E-state index contributed by atoms with van der Waals surface area (Å²) in [6, 6.07) is 5.54. The Labute approximate surface area is 125 Å². The lowest BCUT2D eigenvalue weighted by Crippen LogP contribution is -2.27. The van der Waals surface area contributed by atoms with E-state index in [2.05, 4.69) is 9.97 Å². The number of aromatic nitrogens is 2. The van der Waals surface area contributed by atoms with Crippen molar-refractivity contribution in [1.82, 2.24) is 14.9 Å². The average molecular weight is 309 g/mol. The van der Waals surface area contributed by atoms with Gasteiger partial charge in [-0.3, -0.25) is 9.78 Å². The molecule has 2 aromatic rings. The van der Waals surface area contributed by atoms with Crippen LogP contribution in [0.25, 0.3) is 0 Å². The summed E-state index contributed by atoms with van der Waals surface area (Å²) < 4.78 is 37.7. The van der Waals surface area contributed by atoms with E-state index in [-0.39, 0.29) is 17.2 Å². The predicted octanol–water partition coefficient (Wildman–Crippen LogP) is 3.08. The molecular weight excluding hydrogens is 295 g/mol. The first kappa shape index (κ1) is 15.9. The third-order valence-electron chi connectivity index (χ3n) is 3.10. The summed E-state index contributed by atoms with van der Waals surface area (Å²) in [6.07, 6.45) is -1.27. The van der Waals surface area contributed by atoms with Gasteiger partial charge in [0.1, 0.15) is 5.69 Å². The Kier molecular flexibility index (Phi) is 4.44. The number of halogens is 3. The number of carbonyl (C=O) groups excluding carboxylic acids is 1. The second kappa shape index (κ2) is 6.13. The maximum Gasteiger partial charge on any atom is 0.433 e. The minimum Gasteiger partial charge on any atom is -0.337 e. The monoisotopic (exact) mass is 309 g/mol. The second-order valence-electron chi connectivity index (χ2n) is 4.85. The van der Waals surface area contributed by atoms with Gasteiger partial charge < -0.3 is 4.90 Å². The molecule has 22 heavy (non-hydrogen) atoms. The first-order valence-corrected chi connectivity index (χ1v) is 6.48. The fourth-order valence-corrected chi connectivity index (χ4v) is 1.99. The van der Waals surface area contributed by atoms with Crippen molar-refractivity contribution in [2.24, 2.45) is 0 Å².